The van der Waals surface area contributed by atoms with Crippen LogP contribution in [0.1, 0.15) is 72.2 Å². The predicted molar refractivity (Wildman–Crippen MR) is 128 cm³/mol. The van der Waals surface area contributed by atoms with E-state index in [9.17, 15) is 19.4 Å². The third kappa shape index (κ3) is 4.26. The van der Waals surface area contributed by atoms with Gasteiger partial charge in [0.05, 0.1) is 34.5 Å². The number of rotatable bonds is 5. The molecule has 2 aliphatic carbocycles. The zero-order valence-electron chi connectivity index (χ0n) is 19.9. The molecule has 2 unspecified atom stereocenters. The summed E-state index contributed by atoms with van der Waals surface area (Å²) in [5.74, 6) is -0.173. The standard InChI is InChI=1S/C25H29ClFN5O3/c1-13(33)20-9-21(32(3)30-20)25(35)10-15-6-14(7-16(15)11-25)22-23(31(2)12-28-22)24(34)29-17-4-5-19(27)18(26)8-17/h4-5,8-9,12-16,33,35H,6-7,10-11H2,1-3H3,(H,29,34)/t13-,14?,15?,16?,25?/m0/s1. The number of nitrogens with one attached hydrogen (secondary N) is 1. The predicted octanol–water partition coefficient (Wildman–Crippen LogP) is 4.04. The van der Waals surface area contributed by atoms with Gasteiger partial charge < -0.3 is 20.1 Å². The SMILES string of the molecule is C[C@H](O)c1cc(C2(O)CC3CC(c4ncn(C)c4C(=O)Nc4ccc(F)c(Cl)c4)CC3C2)n(C)n1. The van der Waals surface area contributed by atoms with Crippen LogP contribution in [-0.4, -0.2) is 35.5 Å². The number of hydrogen-bond acceptors (Lipinski definition) is 5. The summed E-state index contributed by atoms with van der Waals surface area (Å²) in [6.45, 7) is 1.66. The summed E-state index contributed by atoms with van der Waals surface area (Å²) < 4.78 is 16.9. The van der Waals surface area contributed by atoms with Gasteiger partial charge in [0, 0.05) is 25.7 Å². The second-order valence-electron chi connectivity index (χ2n) is 10.1. The zero-order valence-corrected chi connectivity index (χ0v) is 20.6. The molecule has 8 nitrogen and oxygen atoms in total. The van der Waals surface area contributed by atoms with Crippen molar-refractivity contribution in [1.82, 2.24) is 19.3 Å². The van der Waals surface area contributed by atoms with Crippen molar-refractivity contribution in [3.05, 3.63) is 64.2 Å². The summed E-state index contributed by atoms with van der Waals surface area (Å²) in [5, 5.41) is 28.5. The van der Waals surface area contributed by atoms with Gasteiger partial charge in [-0.3, -0.25) is 9.48 Å². The summed E-state index contributed by atoms with van der Waals surface area (Å²) in [5.41, 5.74) is 1.93. The van der Waals surface area contributed by atoms with Crippen LogP contribution in [0.5, 0.6) is 0 Å². The van der Waals surface area contributed by atoms with Crippen molar-refractivity contribution in [1.29, 1.82) is 0 Å². The van der Waals surface area contributed by atoms with E-state index in [0.29, 0.717) is 41.8 Å². The number of aryl methyl sites for hydroxylation is 2. The van der Waals surface area contributed by atoms with Gasteiger partial charge in [-0.05, 0) is 68.7 Å². The highest BCUT2D eigenvalue weighted by atomic mass is 35.5. The molecule has 2 fully saturated rings. The van der Waals surface area contributed by atoms with E-state index >= 15 is 0 Å². The number of aliphatic hydroxyl groups excluding tert-OH is 1. The average molecular weight is 502 g/mol. The van der Waals surface area contributed by atoms with Crippen molar-refractivity contribution in [2.24, 2.45) is 25.9 Å². The van der Waals surface area contributed by atoms with Gasteiger partial charge >= 0.3 is 0 Å². The zero-order chi connectivity index (χ0) is 25.1. The number of aliphatic hydroxyl groups is 2. The van der Waals surface area contributed by atoms with Gasteiger partial charge in [-0.2, -0.15) is 5.10 Å². The molecule has 2 aromatic heterocycles. The maximum Gasteiger partial charge on any atom is 0.274 e. The van der Waals surface area contributed by atoms with Gasteiger partial charge in [-0.25, -0.2) is 9.37 Å². The Morgan fingerprint density at radius 1 is 1.26 bits per heavy atom. The highest BCUT2D eigenvalue weighted by molar-refractivity contribution is 6.31. The number of carbonyl (C=O) groups excluding carboxylic acids is 1. The number of amides is 1. The molecule has 0 bridgehead atoms. The van der Waals surface area contributed by atoms with Crippen molar-refractivity contribution in [2.45, 2.75) is 50.2 Å². The monoisotopic (exact) mass is 501 g/mol. The molecule has 0 saturated heterocycles. The van der Waals surface area contributed by atoms with Crippen LogP contribution in [0.15, 0.2) is 30.6 Å². The Morgan fingerprint density at radius 3 is 2.54 bits per heavy atom. The summed E-state index contributed by atoms with van der Waals surface area (Å²) in [4.78, 5) is 17.7. The number of benzene rings is 1. The summed E-state index contributed by atoms with van der Waals surface area (Å²) in [6, 6.07) is 5.87. The quantitative estimate of drug-likeness (QED) is 0.489. The van der Waals surface area contributed by atoms with Crippen LogP contribution in [0, 0.1) is 17.7 Å². The number of hydrogen-bond donors (Lipinski definition) is 3. The Morgan fingerprint density at radius 2 is 1.94 bits per heavy atom. The van der Waals surface area contributed by atoms with Crippen molar-refractivity contribution in [3.63, 3.8) is 0 Å². The summed E-state index contributed by atoms with van der Waals surface area (Å²) in [7, 11) is 3.57. The van der Waals surface area contributed by atoms with Crippen LogP contribution in [-0.2, 0) is 19.7 Å². The second kappa shape index (κ2) is 8.72. The third-order valence-corrected chi connectivity index (χ3v) is 7.88. The first kappa shape index (κ1) is 24.0. The van der Waals surface area contributed by atoms with Gasteiger partial charge in [0.2, 0.25) is 0 Å². The lowest BCUT2D eigenvalue weighted by Gasteiger charge is -2.25. The van der Waals surface area contributed by atoms with E-state index in [-0.39, 0.29) is 16.8 Å². The van der Waals surface area contributed by atoms with Crippen LogP contribution in [0.3, 0.4) is 0 Å². The minimum absolute atomic E-state index is 0.0573. The Bertz CT molecular complexity index is 1270. The van der Waals surface area contributed by atoms with Crippen LogP contribution < -0.4 is 5.32 Å². The van der Waals surface area contributed by atoms with E-state index in [0.717, 1.165) is 24.2 Å². The fourth-order valence-electron chi connectivity index (χ4n) is 6.01. The van der Waals surface area contributed by atoms with Crippen molar-refractivity contribution in [3.8, 4) is 0 Å². The number of nitrogens with zero attached hydrogens (tertiary/aromatic N) is 4. The molecule has 3 N–H and O–H groups in total. The average Bonchev–Trinajstić information content (AvgIpc) is 3.52. The van der Waals surface area contributed by atoms with Crippen LogP contribution in [0.25, 0.3) is 0 Å². The Kier molecular flexibility index (Phi) is 5.97. The second-order valence-corrected chi connectivity index (χ2v) is 10.5. The van der Waals surface area contributed by atoms with Crippen molar-refractivity contribution >= 4 is 23.2 Å². The van der Waals surface area contributed by atoms with Gasteiger partial charge in [0.1, 0.15) is 17.1 Å². The van der Waals surface area contributed by atoms with E-state index in [1.807, 2.05) is 0 Å². The maximum atomic E-state index is 13.5. The minimum Gasteiger partial charge on any atom is -0.387 e. The van der Waals surface area contributed by atoms with E-state index in [4.69, 9.17) is 11.6 Å². The van der Waals surface area contributed by atoms with Crippen LogP contribution in [0.2, 0.25) is 5.02 Å². The number of anilines is 1. The van der Waals surface area contributed by atoms with Crippen molar-refractivity contribution in [2.75, 3.05) is 5.32 Å². The Balaban J connectivity index is 1.32. The molecule has 3 aromatic rings. The number of fused-ring (bicyclic) bond motifs is 1. The van der Waals surface area contributed by atoms with E-state index in [2.05, 4.69) is 15.4 Å². The molecular formula is C25H29ClFN5O3. The molecule has 35 heavy (non-hydrogen) atoms. The fourth-order valence-corrected chi connectivity index (χ4v) is 6.19. The van der Waals surface area contributed by atoms with Crippen molar-refractivity contribution < 1.29 is 19.4 Å². The van der Waals surface area contributed by atoms with Gasteiger partial charge in [0.25, 0.3) is 5.91 Å². The first-order valence-electron chi connectivity index (χ1n) is 11.8. The van der Waals surface area contributed by atoms with Crippen LogP contribution in [0.4, 0.5) is 10.1 Å². The van der Waals surface area contributed by atoms with Gasteiger partial charge in [0.15, 0.2) is 0 Å². The first-order chi connectivity index (χ1) is 16.6. The molecule has 10 heteroatoms. The number of imidazole rings is 1. The number of halogens is 2. The number of carbonyl (C=O) groups is 1. The molecular weight excluding hydrogens is 473 g/mol. The summed E-state index contributed by atoms with van der Waals surface area (Å²) >= 11 is 5.85. The van der Waals surface area contributed by atoms with E-state index in [1.165, 1.54) is 18.2 Å². The summed E-state index contributed by atoms with van der Waals surface area (Å²) in [6.07, 6.45) is 3.81. The highest BCUT2D eigenvalue weighted by Gasteiger charge is 2.51. The smallest absolute Gasteiger partial charge is 0.274 e. The minimum atomic E-state index is -0.985. The Hall–Kier alpha value is -2.75. The molecule has 5 rings (SSSR count). The molecule has 2 aliphatic rings. The molecule has 3 atom stereocenters. The first-order valence-corrected chi connectivity index (χ1v) is 12.2. The topological polar surface area (TPSA) is 105 Å². The van der Waals surface area contributed by atoms with Gasteiger partial charge in [-0.1, -0.05) is 11.6 Å². The molecule has 1 aromatic carbocycles. The lowest BCUT2D eigenvalue weighted by molar-refractivity contribution is 0.0263. The fraction of sp³-hybridized carbons (Fsp3) is 0.480. The maximum absolute atomic E-state index is 13.5. The molecule has 2 heterocycles. The molecule has 186 valence electrons. The lowest BCUT2D eigenvalue weighted by atomic mass is 9.90. The highest BCUT2D eigenvalue weighted by Crippen LogP contribution is 2.56. The molecule has 0 spiro atoms. The van der Waals surface area contributed by atoms with E-state index < -0.39 is 17.5 Å². The normalized spacial score (nSPS) is 26.7. The lowest BCUT2D eigenvalue weighted by Crippen LogP contribution is -2.26. The molecule has 0 aliphatic heterocycles. The Labute approximate surface area is 207 Å². The number of aromatic nitrogens is 4. The largest absolute Gasteiger partial charge is 0.387 e. The van der Waals surface area contributed by atoms with Gasteiger partial charge in [-0.15, -0.1) is 0 Å². The third-order valence-electron chi connectivity index (χ3n) is 7.59. The van der Waals surface area contributed by atoms with Crippen LogP contribution >= 0.6 is 11.6 Å². The molecule has 2 saturated carbocycles. The van der Waals surface area contributed by atoms with E-state index in [1.54, 1.807) is 42.7 Å². The molecule has 0 radical (unpaired) electrons. The molecule has 1 amide bonds.